The number of nitrogens with zero attached hydrogens (tertiary/aromatic N) is 1. The van der Waals surface area contributed by atoms with Gasteiger partial charge in [0.25, 0.3) is 0 Å². The van der Waals surface area contributed by atoms with Gasteiger partial charge in [-0.05, 0) is 18.2 Å². The molecular weight excluding hydrogens is 250 g/mol. The van der Waals surface area contributed by atoms with Crippen LogP contribution in [-0.2, 0) is 10.4 Å². The number of hydrogen-bond donors (Lipinski definition) is 4. The maximum Gasteiger partial charge on any atom is 0.394 e. The van der Waals surface area contributed by atoms with Crippen molar-refractivity contribution >= 4 is 27.3 Å². The van der Waals surface area contributed by atoms with Crippen LogP contribution in [-0.4, -0.2) is 27.5 Å². The van der Waals surface area contributed by atoms with Crippen LogP contribution >= 0.6 is 0 Å². The van der Waals surface area contributed by atoms with Crippen LogP contribution in [0.25, 0.3) is 11.0 Å². The van der Waals surface area contributed by atoms with Crippen molar-refractivity contribution < 1.29 is 17.5 Å². The summed E-state index contributed by atoms with van der Waals surface area (Å²) in [5, 5.41) is 0.879. The third kappa shape index (κ3) is 5.06. The molecule has 5 N–H and O–H groups in total. The van der Waals surface area contributed by atoms with Crippen LogP contribution in [0.1, 0.15) is 0 Å². The van der Waals surface area contributed by atoms with E-state index in [4.69, 9.17) is 23.3 Å². The monoisotopic (exact) mass is 259 g/mol. The van der Waals surface area contributed by atoms with Crippen molar-refractivity contribution in [3.63, 3.8) is 0 Å². The van der Waals surface area contributed by atoms with Crippen molar-refractivity contribution in [1.82, 2.24) is 9.97 Å². The summed E-state index contributed by atoms with van der Waals surface area (Å²) >= 11 is 0. The van der Waals surface area contributed by atoms with E-state index in [9.17, 15) is 4.79 Å². The number of nitrogens with two attached hydrogens (primary N) is 1. The second-order valence-corrected chi connectivity index (χ2v) is 3.84. The number of nitrogen functional groups attached to an aromatic ring is 1. The molecule has 0 bridgehead atoms. The molecule has 0 saturated heterocycles. The van der Waals surface area contributed by atoms with Crippen molar-refractivity contribution in [2.24, 2.45) is 0 Å². The minimum atomic E-state index is -4.67. The van der Waals surface area contributed by atoms with Crippen molar-refractivity contribution in [1.29, 1.82) is 0 Å². The Morgan fingerprint density at radius 1 is 1.18 bits per heavy atom. The fraction of sp³-hybridized carbons (Fsp3) is 0. The Bertz CT molecular complexity index is 671. The number of aromatic amines is 1. The molecule has 9 heteroatoms. The fourth-order valence-corrected chi connectivity index (χ4v) is 1.04. The number of aromatic nitrogens is 2. The largest absolute Gasteiger partial charge is 0.394 e. The molecular formula is C8H9N3O5S. The molecule has 0 aromatic carbocycles. The van der Waals surface area contributed by atoms with Crippen LogP contribution in [0.3, 0.4) is 0 Å². The van der Waals surface area contributed by atoms with Gasteiger partial charge in [-0.25, -0.2) is 4.98 Å². The van der Waals surface area contributed by atoms with E-state index in [2.05, 4.69) is 9.97 Å². The molecule has 8 nitrogen and oxygen atoms in total. The van der Waals surface area contributed by atoms with Gasteiger partial charge in [0.15, 0.2) is 0 Å². The lowest BCUT2D eigenvalue weighted by molar-refractivity contribution is 0.381. The third-order valence-corrected chi connectivity index (χ3v) is 1.60. The minimum Gasteiger partial charge on any atom is -0.384 e. The molecule has 0 unspecified atom stereocenters. The first-order chi connectivity index (χ1) is 7.75. The highest BCUT2D eigenvalue weighted by Gasteiger charge is 1.94. The number of anilines is 1. The molecule has 0 spiro atoms. The Kier molecular flexibility index (Phi) is 3.78. The summed E-state index contributed by atoms with van der Waals surface area (Å²) < 4.78 is 31.6. The average Bonchev–Trinajstić information content (AvgIpc) is 2.14. The Labute approximate surface area is 95.7 Å². The zero-order valence-electron chi connectivity index (χ0n) is 8.36. The predicted molar refractivity (Wildman–Crippen MR) is 61.0 cm³/mol. The average molecular weight is 259 g/mol. The molecule has 2 aromatic heterocycles. The summed E-state index contributed by atoms with van der Waals surface area (Å²) in [7, 11) is -4.67. The number of hydrogen-bond acceptors (Lipinski definition) is 5. The first-order valence-electron chi connectivity index (χ1n) is 4.21. The lowest BCUT2D eigenvalue weighted by Crippen LogP contribution is -2.04. The first kappa shape index (κ1) is 13.1. The highest BCUT2D eigenvalue weighted by atomic mass is 32.3. The lowest BCUT2D eigenvalue weighted by Gasteiger charge is -1.96. The Hall–Kier alpha value is -1.97. The van der Waals surface area contributed by atoms with Crippen molar-refractivity contribution in [2.45, 2.75) is 0 Å². The SMILES string of the molecule is Nc1ccc2ccc(=O)[nH]c2n1.O=S(=O)(O)O. The summed E-state index contributed by atoms with van der Waals surface area (Å²) in [6.07, 6.45) is 0. The molecule has 0 radical (unpaired) electrons. The van der Waals surface area contributed by atoms with Gasteiger partial charge in [0, 0.05) is 11.5 Å². The summed E-state index contributed by atoms with van der Waals surface area (Å²) in [6.45, 7) is 0. The topological polar surface area (TPSA) is 146 Å². The summed E-state index contributed by atoms with van der Waals surface area (Å²) in [6, 6.07) is 6.68. The molecule has 0 atom stereocenters. The highest BCUT2D eigenvalue weighted by molar-refractivity contribution is 7.79. The van der Waals surface area contributed by atoms with E-state index in [-0.39, 0.29) is 5.56 Å². The van der Waals surface area contributed by atoms with Gasteiger partial charge in [0.2, 0.25) is 5.56 Å². The molecule has 0 amide bonds. The molecule has 0 aliphatic rings. The molecule has 2 rings (SSSR count). The quantitative estimate of drug-likeness (QED) is 0.481. The number of H-pyrrole nitrogens is 1. The Morgan fingerprint density at radius 2 is 1.71 bits per heavy atom. The first-order valence-corrected chi connectivity index (χ1v) is 5.61. The van der Waals surface area contributed by atoms with Crippen molar-refractivity contribution in [3.05, 3.63) is 34.6 Å². The zero-order chi connectivity index (χ0) is 13.1. The second kappa shape index (κ2) is 4.91. The Morgan fingerprint density at radius 3 is 2.29 bits per heavy atom. The van der Waals surface area contributed by atoms with E-state index >= 15 is 0 Å². The number of rotatable bonds is 0. The molecule has 92 valence electrons. The predicted octanol–water partition coefficient (Wildman–Crippen LogP) is -0.148. The van der Waals surface area contributed by atoms with Gasteiger partial charge < -0.3 is 10.7 Å². The van der Waals surface area contributed by atoms with Gasteiger partial charge in [-0.3, -0.25) is 13.9 Å². The van der Waals surface area contributed by atoms with Crippen molar-refractivity contribution in [3.8, 4) is 0 Å². The number of nitrogens with one attached hydrogen (secondary N) is 1. The van der Waals surface area contributed by atoms with E-state index < -0.39 is 10.4 Å². The van der Waals surface area contributed by atoms with E-state index in [1.54, 1.807) is 12.1 Å². The fourth-order valence-electron chi connectivity index (χ4n) is 1.04. The summed E-state index contributed by atoms with van der Waals surface area (Å²) in [5.74, 6) is 0.407. The van der Waals surface area contributed by atoms with E-state index in [1.165, 1.54) is 6.07 Å². The van der Waals surface area contributed by atoms with Gasteiger partial charge in [-0.15, -0.1) is 0 Å². The van der Waals surface area contributed by atoms with Crippen LogP contribution in [0.4, 0.5) is 5.82 Å². The van der Waals surface area contributed by atoms with Gasteiger partial charge >= 0.3 is 10.4 Å². The van der Waals surface area contributed by atoms with E-state index in [0.29, 0.717) is 11.5 Å². The number of fused-ring (bicyclic) bond motifs is 1. The van der Waals surface area contributed by atoms with Crippen LogP contribution in [0.15, 0.2) is 29.1 Å². The number of pyridine rings is 2. The third-order valence-electron chi connectivity index (χ3n) is 1.60. The summed E-state index contributed by atoms with van der Waals surface area (Å²) in [4.78, 5) is 17.4. The second-order valence-electron chi connectivity index (χ2n) is 2.94. The maximum atomic E-state index is 10.9. The minimum absolute atomic E-state index is 0.166. The maximum absolute atomic E-state index is 10.9. The molecule has 0 aliphatic heterocycles. The van der Waals surface area contributed by atoms with Crippen LogP contribution in [0, 0.1) is 0 Å². The standard InChI is InChI=1S/C8H7N3O.H2O4S/c9-6-3-1-5-2-4-7(12)11-8(5)10-6;1-5(2,3)4/h1-4H,(H3,9,10,11,12);(H2,1,2,3,4). The Balaban J connectivity index is 0.000000249. The molecule has 17 heavy (non-hydrogen) atoms. The van der Waals surface area contributed by atoms with Crippen LogP contribution < -0.4 is 11.3 Å². The highest BCUT2D eigenvalue weighted by Crippen LogP contribution is 2.07. The smallest absolute Gasteiger partial charge is 0.384 e. The van der Waals surface area contributed by atoms with Crippen LogP contribution in [0.5, 0.6) is 0 Å². The molecule has 0 aliphatic carbocycles. The lowest BCUT2D eigenvalue weighted by atomic mass is 10.3. The van der Waals surface area contributed by atoms with Gasteiger partial charge in [0.05, 0.1) is 0 Å². The molecule has 0 saturated carbocycles. The summed E-state index contributed by atoms with van der Waals surface area (Å²) in [5.41, 5.74) is 5.80. The van der Waals surface area contributed by atoms with Crippen LogP contribution in [0.2, 0.25) is 0 Å². The molecule has 2 heterocycles. The van der Waals surface area contributed by atoms with Crippen molar-refractivity contribution in [2.75, 3.05) is 5.73 Å². The normalized spacial score (nSPS) is 10.7. The van der Waals surface area contributed by atoms with Gasteiger partial charge in [0.1, 0.15) is 11.5 Å². The molecule has 2 aromatic rings. The van der Waals surface area contributed by atoms with Gasteiger partial charge in [-0.1, -0.05) is 0 Å². The van der Waals surface area contributed by atoms with Gasteiger partial charge in [-0.2, -0.15) is 8.42 Å². The zero-order valence-corrected chi connectivity index (χ0v) is 9.18. The molecule has 0 fully saturated rings. The van der Waals surface area contributed by atoms with E-state index in [1.807, 2.05) is 6.07 Å². The van der Waals surface area contributed by atoms with E-state index in [0.717, 1.165) is 5.39 Å².